The number of rotatable bonds is 6. The van der Waals surface area contributed by atoms with Gasteiger partial charge in [0.15, 0.2) is 0 Å². The number of methoxy groups -OCH3 is 1. The molecule has 0 atom stereocenters. The number of benzene rings is 2. The van der Waals surface area contributed by atoms with E-state index >= 15 is 0 Å². The van der Waals surface area contributed by atoms with E-state index in [0.29, 0.717) is 29.5 Å². The van der Waals surface area contributed by atoms with Crippen LogP contribution >= 0.6 is 0 Å². The molecule has 3 rings (SSSR count). The molecule has 5 nitrogen and oxygen atoms in total. The van der Waals surface area contributed by atoms with Gasteiger partial charge in [0.2, 0.25) is 11.8 Å². The zero-order chi connectivity index (χ0) is 18.5. The van der Waals surface area contributed by atoms with Crippen LogP contribution in [0.4, 0.5) is 4.39 Å². The maximum absolute atomic E-state index is 13.0. The van der Waals surface area contributed by atoms with Gasteiger partial charge in [-0.05, 0) is 37.3 Å². The Morgan fingerprint density at radius 2 is 1.92 bits per heavy atom. The minimum atomic E-state index is -0.326. The Kier molecular flexibility index (Phi) is 5.31. The molecule has 3 aromatic rings. The highest BCUT2D eigenvalue weighted by Crippen LogP contribution is 2.22. The Hall–Kier alpha value is -3.15. The molecule has 0 unspecified atom stereocenters. The molecular formula is C20H19FN2O3. The summed E-state index contributed by atoms with van der Waals surface area (Å²) >= 11 is 0. The summed E-state index contributed by atoms with van der Waals surface area (Å²) < 4.78 is 23.9. The standard InChI is InChI=1S/C20H19FN2O3/c1-13-17(23-20(26-13)14-7-9-16(21)10-8-14)11-19(24)22-12-15-5-3-4-6-18(15)25-2/h3-10H,11-12H2,1-2H3,(H,22,24). The number of carbonyl (C=O) groups is 1. The van der Waals surface area contributed by atoms with Gasteiger partial charge in [0.05, 0.1) is 19.2 Å². The van der Waals surface area contributed by atoms with Crippen LogP contribution < -0.4 is 10.1 Å². The van der Waals surface area contributed by atoms with E-state index in [1.165, 1.54) is 12.1 Å². The van der Waals surface area contributed by atoms with Crippen molar-refractivity contribution >= 4 is 5.91 Å². The molecule has 0 saturated carbocycles. The van der Waals surface area contributed by atoms with E-state index in [-0.39, 0.29) is 18.1 Å². The largest absolute Gasteiger partial charge is 0.496 e. The Bertz CT molecular complexity index is 904. The van der Waals surface area contributed by atoms with Gasteiger partial charge >= 0.3 is 0 Å². The molecule has 26 heavy (non-hydrogen) atoms. The molecule has 0 aliphatic heterocycles. The number of halogens is 1. The number of nitrogens with zero attached hydrogens (tertiary/aromatic N) is 1. The van der Waals surface area contributed by atoms with E-state index < -0.39 is 0 Å². The molecule has 1 amide bonds. The number of carbonyl (C=O) groups excluding carboxylic acids is 1. The number of hydrogen-bond donors (Lipinski definition) is 1. The summed E-state index contributed by atoms with van der Waals surface area (Å²) in [5, 5.41) is 2.86. The van der Waals surface area contributed by atoms with Gasteiger partial charge < -0.3 is 14.5 Å². The Labute approximate surface area is 150 Å². The third-order valence-corrected chi connectivity index (χ3v) is 3.98. The summed E-state index contributed by atoms with van der Waals surface area (Å²) in [5.74, 6) is 1.17. The first-order valence-corrected chi connectivity index (χ1v) is 8.17. The average molecular weight is 354 g/mol. The van der Waals surface area contributed by atoms with Crippen LogP contribution in [0.2, 0.25) is 0 Å². The molecule has 0 aliphatic carbocycles. The van der Waals surface area contributed by atoms with Gasteiger partial charge in [0, 0.05) is 17.7 Å². The van der Waals surface area contributed by atoms with Crippen LogP contribution in [0, 0.1) is 12.7 Å². The molecule has 0 radical (unpaired) electrons. The predicted molar refractivity (Wildman–Crippen MR) is 95.2 cm³/mol. The third-order valence-electron chi connectivity index (χ3n) is 3.98. The van der Waals surface area contributed by atoms with Crippen molar-refractivity contribution in [3.63, 3.8) is 0 Å². The van der Waals surface area contributed by atoms with Crippen molar-refractivity contribution in [1.82, 2.24) is 10.3 Å². The molecule has 1 aromatic heterocycles. The average Bonchev–Trinajstić information content (AvgIpc) is 3.01. The summed E-state index contributed by atoms with van der Waals surface area (Å²) in [4.78, 5) is 16.6. The monoisotopic (exact) mass is 354 g/mol. The van der Waals surface area contributed by atoms with E-state index in [4.69, 9.17) is 9.15 Å². The quantitative estimate of drug-likeness (QED) is 0.734. The van der Waals surface area contributed by atoms with Crippen molar-refractivity contribution in [1.29, 1.82) is 0 Å². The lowest BCUT2D eigenvalue weighted by molar-refractivity contribution is -0.120. The first-order valence-electron chi connectivity index (χ1n) is 8.17. The van der Waals surface area contributed by atoms with Crippen LogP contribution in [0.3, 0.4) is 0 Å². The topological polar surface area (TPSA) is 64.4 Å². The molecular weight excluding hydrogens is 335 g/mol. The first kappa shape index (κ1) is 17.7. The Balaban J connectivity index is 1.65. The normalized spacial score (nSPS) is 10.6. The zero-order valence-electron chi connectivity index (χ0n) is 14.6. The second kappa shape index (κ2) is 7.82. The van der Waals surface area contributed by atoms with Gasteiger partial charge in [0.25, 0.3) is 0 Å². The number of oxazole rings is 1. The molecule has 0 fully saturated rings. The van der Waals surface area contributed by atoms with E-state index in [2.05, 4.69) is 10.3 Å². The molecule has 1 N–H and O–H groups in total. The van der Waals surface area contributed by atoms with Crippen molar-refractivity contribution in [2.45, 2.75) is 19.9 Å². The molecule has 0 saturated heterocycles. The molecule has 1 heterocycles. The van der Waals surface area contributed by atoms with Gasteiger partial charge in [-0.15, -0.1) is 0 Å². The number of amides is 1. The predicted octanol–water partition coefficient (Wildman–Crippen LogP) is 3.66. The minimum Gasteiger partial charge on any atom is -0.496 e. The number of aromatic nitrogens is 1. The molecule has 2 aromatic carbocycles. The summed E-state index contributed by atoms with van der Waals surface area (Å²) in [7, 11) is 1.59. The van der Waals surface area contributed by atoms with Gasteiger partial charge in [-0.2, -0.15) is 0 Å². The number of para-hydroxylation sites is 1. The van der Waals surface area contributed by atoms with Gasteiger partial charge in [-0.3, -0.25) is 4.79 Å². The number of hydrogen-bond acceptors (Lipinski definition) is 4. The maximum Gasteiger partial charge on any atom is 0.226 e. The fourth-order valence-electron chi connectivity index (χ4n) is 2.57. The third kappa shape index (κ3) is 4.08. The molecule has 134 valence electrons. The molecule has 6 heteroatoms. The minimum absolute atomic E-state index is 0.103. The van der Waals surface area contributed by atoms with Crippen LogP contribution in [0.25, 0.3) is 11.5 Å². The fourth-order valence-corrected chi connectivity index (χ4v) is 2.57. The Morgan fingerprint density at radius 3 is 2.65 bits per heavy atom. The van der Waals surface area contributed by atoms with Crippen LogP contribution in [0.5, 0.6) is 5.75 Å². The lowest BCUT2D eigenvalue weighted by atomic mass is 10.2. The zero-order valence-corrected chi connectivity index (χ0v) is 14.6. The van der Waals surface area contributed by atoms with E-state index in [9.17, 15) is 9.18 Å². The van der Waals surface area contributed by atoms with Crippen LogP contribution in [-0.2, 0) is 17.8 Å². The number of aryl methyl sites for hydroxylation is 1. The Morgan fingerprint density at radius 1 is 1.19 bits per heavy atom. The van der Waals surface area contributed by atoms with Gasteiger partial charge in [-0.1, -0.05) is 18.2 Å². The van der Waals surface area contributed by atoms with E-state index in [0.717, 1.165) is 11.3 Å². The highest BCUT2D eigenvalue weighted by molar-refractivity contribution is 5.78. The van der Waals surface area contributed by atoms with Crippen LogP contribution in [-0.4, -0.2) is 18.0 Å². The summed E-state index contributed by atoms with van der Waals surface area (Å²) in [6.07, 6.45) is 0.103. The van der Waals surface area contributed by atoms with Crippen molar-refractivity contribution in [3.05, 3.63) is 71.4 Å². The van der Waals surface area contributed by atoms with Gasteiger partial charge in [-0.25, -0.2) is 9.37 Å². The van der Waals surface area contributed by atoms with Crippen molar-refractivity contribution in [2.75, 3.05) is 7.11 Å². The van der Waals surface area contributed by atoms with Crippen molar-refractivity contribution in [2.24, 2.45) is 0 Å². The SMILES string of the molecule is COc1ccccc1CNC(=O)Cc1nc(-c2ccc(F)cc2)oc1C. The lowest BCUT2D eigenvalue weighted by Crippen LogP contribution is -2.25. The lowest BCUT2D eigenvalue weighted by Gasteiger charge is -2.09. The fraction of sp³-hybridized carbons (Fsp3) is 0.200. The van der Waals surface area contributed by atoms with E-state index in [1.807, 2.05) is 24.3 Å². The number of nitrogens with one attached hydrogen (secondary N) is 1. The second-order valence-corrected chi connectivity index (χ2v) is 5.79. The molecule has 0 bridgehead atoms. The maximum atomic E-state index is 13.0. The summed E-state index contributed by atoms with van der Waals surface area (Å²) in [6.45, 7) is 2.12. The highest BCUT2D eigenvalue weighted by Gasteiger charge is 2.15. The van der Waals surface area contributed by atoms with Crippen molar-refractivity contribution < 1.29 is 18.3 Å². The summed E-state index contributed by atoms with van der Waals surface area (Å²) in [5.41, 5.74) is 2.12. The molecule has 0 spiro atoms. The summed E-state index contributed by atoms with van der Waals surface area (Å²) in [6, 6.07) is 13.4. The second-order valence-electron chi connectivity index (χ2n) is 5.79. The van der Waals surface area contributed by atoms with Crippen LogP contribution in [0.1, 0.15) is 17.0 Å². The number of ether oxygens (including phenoxy) is 1. The van der Waals surface area contributed by atoms with Gasteiger partial charge in [0.1, 0.15) is 17.3 Å². The van der Waals surface area contributed by atoms with Crippen molar-refractivity contribution in [3.8, 4) is 17.2 Å². The van der Waals surface area contributed by atoms with Crippen LogP contribution in [0.15, 0.2) is 52.9 Å². The first-order chi connectivity index (χ1) is 12.6. The molecule has 0 aliphatic rings. The smallest absolute Gasteiger partial charge is 0.226 e. The van der Waals surface area contributed by atoms with E-state index in [1.54, 1.807) is 26.2 Å². The highest BCUT2D eigenvalue weighted by atomic mass is 19.1.